The Bertz CT molecular complexity index is 665. The molecule has 0 aliphatic heterocycles. The van der Waals surface area contributed by atoms with E-state index in [0.717, 1.165) is 6.54 Å². The molecule has 0 unspecified atom stereocenters. The Morgan fingerprint density at radius 1 is 1.25 bits per heavy atom. The Kier molecular flexibility index (Phi) is 5.17. The van der Waals surface area contributed by atoms with Crippen molar-refractivity contribution < 1.29 is 17.5 Å². The lowest BCUT2D eigenvalue weighted by atomic mass is 10.2. The summed E-state index contributed by atoms with van der Waals surface area (Å²) in [7, 11) is -3.86. The van der Waals surface area contributed by atoms with Crippen molar-refractivity contribution in [1.29, 1.82) is 0 Å². The first-order valence-corrected chi connectivity index (χ1v) is 8.85. The number of hydrogen-bond donors (Lipinski definition) is 1. The summed E-state index contributed by atoms with van der Waals surface area (Å²) in [5.74, 6) is -0.206. The van der Waals surface area contributed by atoms with E-state index in [9.17, 15) is 8.42 Å². The van der Waals surface area contributed by atoms with Crippen LogP contribution in [0, 0.1) is 3.57 Å². The number of imidazole rings is 1. The van der Waals surface area contributed by atoms with E-state index in [-0.39, 0.29) is 5.75 Å². The van der Waals surface area contributed by atoms with Crippen LogP contribution in [0.4, 0.5) is 0 Å². The first-order valence-electron chi connectivity index (χ1n) is 6.17. The maximum atomic E-state index is 10.6. The highest BCUT2D eigenvalue weighted by Gasteiger charge is 2.08. The fraction of sp³-hybridized carbons (Fsp3) is 0.308. The third-order valence-corrected chi connectivity index (χ3v) is 4.37. The van der Waals surface area contributed by atoms with Crippen molar-refractivity contribution >= 4 is 32.7 Å². The molecule has 0 atom stereocenters. The average molecular weight is 407 g/mol. The van der Waals surface area contributed by atoms with Crippen molar-refractivity contribution in [1.82, 2.24) is 4.57 Å². The summed E-state index contributed by atoms with van der Waals surface area (Å²) in [5.41, 5.74) is 1.21. The van der Waals surface area contributed by atoms with Crippen molar-refractivity contribution in [3.8, 4) is 0 Å². The summed E-state index contributed by atoms with van der Waals surface area (Å²) >= 11 is 2.27. The summed E-state index contributed by atoms with van der Waals surface area (Å²) in [5, 5.41) is 0. The molecule has 1 aromatic heterocycles. The van der Waals surface area contributed by atoms with E-state index in [1.165, 1.54) is 9.13 Å². The van der Waals surface area contributed by atoms with Crippen LogP contribution in [-0.4, -0.2) is 23.3 Å². The van der Waals surface area contributed by atoms with Gasteiger partial charge in [0.05, 0.1) is 12.3 Å². The smallest absolute Gasteiger partial charge is 0.265 e. The zero-order valence-corrected chi connectivity index (χ0v) is 13.8. The quantitative estimate of drug-likeness (QED) is 0.451. The van der Waals surface area contributed by atoms with Crippen LogP contribution in [0.15, 0.2) is 43.0 Å². The maximum absolute atomic E-state index is 10.6. The minimum absolute atomic E-state index is 0.206. The second-order valence-electron chi connectivity index (χ2n) is 4.59. The Hall–Kier alpha value is -0.930. The molecule has 0 spiro atoms. The van der Waals surface area contributed by atoms with Crippen LogP contribution in [0.5, 0.6) is 0 Å². The van der Waals surface area contributed by atoms with Crippen molar-refractivity contribution in [2.45, 2.75) is 19.5 Å². The molecule has 0 aliphatic carbocycles. The molecule has 2 rings (SSSR count). The monoisotopic (exact) mass is 407 g/mol. The van der Waals surface area contributed by atoms with Gasteiger partial charge in [0.2, 0.25) is 6.33 Å². The van der Waals surface area contributed by atoms with Crippen LogP contribution in [0.25, 0.3) is 0 Å². The van der Waals surface area contributed by atoms with Crippen molar-refractivity contribution in [2.24, 2.45) is 0 Å². The molecule has 1 heterocycles. The fourth-order valence-corrected chi connectivity index (χ4v) is 2.75. The van der Waals surface area contributed by atoms with Gasteiger partial charge in [-0.3, -0.25) is 4.55 Å². The molecule has 20 heavy (non-hydrogen) atoms. The highest BCUT2D eigenvalue weighted by atomic mass is 127. The van der Waals surface area contributed by atoms with Crippen LogP contribution in [0.3, 0.4) is 0 Å². The Balaban J connectivity index is 1.90. The number of aromatic nitrogens is 2. The second kappa shape index (κ2) is 6.68. The van der Waals surface area contributed by atoms with Crippen LogP contribution >= 0.6 is 22.6 Å². The number of halogens is 1. The molecule has 0 aliphatic rings. The molecule has 0 saturated heterocycles. The molecule has 108 valence electrons. The van der Waals surface area contributed by atoms with Crippen LogP contribution < -0.4 is 4.57 Å². The molecule has 5 nitrogen and oxygen atoms in total. The van der Waals surface area contributed by atoms with Crippen molar-refractivity contribution in [2.75, 3.05) is 5.75 Å². The summed E-state index contributed by atoms with van der Waals surface area (Å²) in [6, 6.07) is 8.31. The SMILES string of the molecule is O=S(=O)(O)CCCn1cc[n+](Cc2ccc(I)cc2)c1. The zero-order chi connectivity index (χ0) is 14.6. The first-order chi connectivity index (χ1) is 9.42. The lowest BCUT2D eigenvalue weighted by Gasteiger charge is -1.98. The summed E-state index contributed by atoms with van der Waals surface area (Å²) in [6.45, 7) is 1.35. The van der Waals surface area contributed by atoms with Gasteiger partial charge < -0.3 is 0 Å². The highest BCUT2D eigenvalue weighted by molar-refractivity contribution is 14.1. The third-order valence-electron chi connectivity index (χ3n) is 2.84. The van der Waals surface area contributed by atoms with E-state index in [2.05, 4.69) is 46.9 Å². The lowest BCUT2D eigenvalue weighted by Crippen LogP contribution is -2.31. The molecule has 1 aromatic carbocycles. The molecule has 7 heteroatoms. The Morgan fingerprint density at radius 2 is 1.95 bits per heavy atom. The van der Waals surface area contributed by atoms with E-state index in [4.69, 9.17) is 4.55 Å². The van der Waals surface area contributed by atoms with Gasteiger partial charge in [-0.05, 0) is 40.3 Å². The largest absolute Gasteiger partial charge is 0.286 e. The predicted octanol–water partition coefficient (Wildman–Crippen LogP) is 1.71. The van der Waals surface area contributed by atoms with Gasteiger partial charge >= 0.3 is 0 Å². The second-order valence-corrected chi connectivity index (χ2v) is 7.41. The standard InChI is InChI=1S/C13H15IN2O3S/c14-13-4-2-12(3-5-13)10-16-8-7-15(11-16)6-1-9-20(17,18)19/h2-5,7-8,11H,1,6,9-10H2/p+1. The van der Waals surface area contributed by atoms with Crippen LogP contribution in [0.1, 0.15) is 12.0 Å². The van der Waals surface area contributed by atoms with Gasteiger partial charge in [0.25, 0.3) is 10.1 Å². The lowest BCUT2D eigenvalue weighted by molar-refractivity contribution is -0.687. The normalized spacial score (nSPS) is 11.7. The topological polar surface area (TPSA) is 63.2 Å². The number of nitrogens with zero attached hydrogens (tertiary/aromatic N) is 2. The van der Waals surface area contributed by atoms with Gasteiger partial charge in [0.1, 0.15) is 18.9 Å². The summed E-state index contributed by atoms with van der Waals surface area (Å²) in [4.78, 5) is 0. The van der Waals surface area contributed by atoms with E-state index >= 15 is 0 Å². The molecule has 2 aromatic rings. The van der Waals surface area contributed by atoms with Gasteiger partial charge in [0.15, 0.2) is 0 Å². The van der Waals surface area contributed by atoms with Gasteiger partial charge in [0, 0.05) is 9.99 Å². The van der Waals surface area contributed by atoms with Gasteiger partial charge in [-0.1, -0.05) is 12.1 Å². The van der Waals surface area contributed by atoms with Gasteiger partial charge in [-0.25, -0.2) is 9.13 Å². The maximum Gasteiger partial charge on any atom is 0.265 e. The van der Waals surface area contributed by atoms with E-state index < -0.39 is 10.1 Å². The molecule has 0 amide bonds. The summed E-state index contributed by atoms with van der Waals surface area (Å²) in [6.07, 6.45) is 6.18. The zero-order valence-electron chi connectivity index (χ0n) is 10.8. The predicted molar refractivity (Wildman–Crippen MR) is 83.9 cm³/mol. The molecular weight excluding hydrogens is 391 g/mol. The Labute approximate surface area is 132 Å². The third kappa shape index (κ3) is 5.22. The minimum Gasteiger partial charge on any atom is -0.286 e. The molecular formula is C13H16IN2O3S+. The van der Waals surface area contributed by atoms with Crippen LogP contribution in [-0.2, 0) is 23.2 Å². The number of aryl methyl sites for hydroxylation is 1. The number of hydrogen-bond acceptors (Lipinski definition) is 2. The van der Waals surface area contributed by atoms with Crippen LogP contribution in [0.2, 0.25) is 0 Å². The number of benzene rings is 1. The first kappa shape index (κ1) is 15.5. The molecule has 0 radical (unpaired) electrons. The molecule has 0 bridgehead atoms. The minimum atomic E-state index is -3.86. The van der Waals surface area contributed by atoms with Gasteiger partial charge in [-0.15, -0.1) is 0 Å². The molecule has 0 saturated carbocycles. The summed E-state index contributed by atoms with van der Waals surface area (Å²) < 4.78 is 35.1. The van der Waals surface area contributed by atoms with E-state index in [0.29, 0.717) is 13.0 Å². The highest BCUT2D eigenvalue weighted by Crippen LogP contribution is 2.06. The van der Waals surface area contributed by atoms with E-state index in [1.54, 1.807) is 0 Å². The fourth-order valence-electron chi connectivity index (χ4n) is 1.89. The molecule has 0 fully saturated rings. The molecule has 1 N–H and O–H groups in total. The number of rotatable bonds is 6. The van der Waals surface area contributed by atoms with Crippen molar-refractivity contribution in [3.05, 3.63) is 52.1 Å². The van der Waals surface area contributed by atoms with E-state index in [1.807, 2.05) is 27.9 Å². The average Bonchev–Trinajstić information content (AvgIpc) is 2.78. The Morgan fingerprint density at radius 3 is 2.60 bits per heavy atom. The van der Waals surface area contributed by atoms with Gasteiger partial charge in [-0.2, -0.15) is 8.42 Å². The van der Waals surface area contributed by atoms with Crippen molar-refractivity contribution in [3.63, 3.8) is 0 Å².